The summed E-state index contributed by atoms with van der Waals surface area (Å²) in [6, 6.07) is 18.2. The molecule has 0 heterocycles. The molecule has 1 unspecified atom stereocenters. The van der Waals surface area contributed by atoms with Gasteiger partial charge in [-0.25, -0.2) is 9.18 Å². The summed E-state index contributed by atoms with van der Waals surface area (Å²) in [5.41, 5.74) is 4.93. The number of hydrogen-bond donors (Lipinski definition) is 3. The monoisotopic (exact) mass is 462 g/mol. The second kappa shape index (κ2) is 9.74. The average molecular weight is 462 g/mol. The van der Waals surface area contributed by atoms with Gasteiger partial charge < -0.3 is 20.5 Å². The van der Waals surface area contributed by atoms with Gasteiger partial charge >= 0.3 is 12.1 Å². The second-order valence-electron chi connectivity index (χ2n) is 8.13. The molecular weight excluding hydrogens is 439 g/mol. The topological polar surface area (TPSA) is 105 Å². The third-order valence-electron chi connectivity index (χ3n) is 5.64. The van der Waals surface area contributed by atoms with Crippen LogP contribution in [0.4, 0.5) is 14.9 Å². The summed E-state index contributed by atoms with van der Waals surface area (Å²) in [6.45, 7) is 1.67. The first kappa shape index (κ1) is 23.0. The lowest BCUT2D eigenvalue weighted by atomic mass is 9.98. The normalized spacial score (nSPS) is 12.9. The summed E-state index contributed by atoms with van der Waals surface area (Å²) in [7, 11) is 0. The quantitative estimate of drug-likeness (QED) is 0.481. The Balaban J connectivity index is 1.43. The van der Waals surface area contributed by atoms with E-state index in [4.69, 9.17) is 4.74 Å². The van der Waals surface area contributed by atoms with Crippen LogP contribution in [0.3, 0.4) is 0 Å². The summed E-state index contributed by atoms with van der Waals surface area (Å²) >= 11 is 0. The molecule has 0 aromatic heterocycles. The third-order valence-corrected chi connectivity index (χ3v) is 5.64. The van der Waals surface area contributed by atoms with Gasteiger partial charge in [-0.1, -0.05) is 48.5 Å². The number of nitrogens with one attached hydrogen (secondary N) is 2. The Labute approximate surface area is 195 Å². The maximum atomic E-state index is 13.6. The van der Waals surface area contributed by atoms with Gasteiger partial charge in [0.25, 0.3) is 0 Å². The second-order valence-corrected chi connectivity index (χ2v) is 8.13. The smallest absolute Gasteiger partial charge is 0.407 e. The van der Waals surface area contributed by atoms with E-state index in [1.807, 2.05) is 48.5 Å². The molecule has 2 amide bonds. The van der Waals surface area contributed by atoms with Gasteiger partial charge in [-0.15, -0.1) is 0 Å². The maximum absolute atomic E-state index is 13.6. The van der Waals surface area contributed by atoms with E-state index in [1.165, 1.54) is 12.1 Å². The Morgan fingerprint density at radius 1 is 1.00 bits per heavy atom. The van der Waals surface area contributed by atoms with Crippen molar-refractivity contribution in [1.82, 2.24) is 5.32 Å². The van der Waals surface area contributed by atoms with Crippen LogP contribution in [0.15, 0.2) is 66.7 Å². The molecule has 3 aromatic rings. The van der Waals surface area contributed by atoms with Crippen LogP contribution in [0, 0.1) is 12.7 Å². The number of amides is 2. The molecule has 3 aromatic carbocycles. The molecule has 1 aliphatic rings. The summed E-state index contributed by atoms with van der Waals surface area (Å²) in [4.78, 5) is 36.4. The highest BCUT2D eigenvalue weighted by Crippen LogP contribution is 2.44. The molecule has 0 aliphatic heterocycles. The van der Waals surface area contributed by atoms with Gasteiger partial charge in [-0.05, 0) is 52.9 Å². The molecule has 0 saturated carbocycles. The molecule has 0 spiro atoms. The third kappa shape index (κ3) is 5.06. The van der Waals surface area contributed by atoms with E-state index in [0.29, 0.717) is 5.56 Å². The number of ether oxygens (including phenoxy) is 1. The molecule has 1 atom stereocenters. The SMILES string of the molecule is Cc1cc(F)cc(NC(=O)C(CC(=O)O)NC(=O)OCC2c3ccccc3-c3ccccc32)c1. The number of carboxylic acids is 1. The van der Waals surface area contributed by atoms with Crippen molar-refractivity contribution in [3.05, 3.63) is 89.2 Å². The first-order valence-electron chi connectivity index (χ1n) is 10.7. The van der Waals surface area contributed by atoms with E-state index >= 15 is 0 Å². The average Bonchev–Trinajstić information content (AvgIpc) is 3.10. The summed E-state index contributed by atoms with van der Waals surface area (Å²) in [5, 5.41) is 14.0. The van der Waals surface area contributed by atoms with Gasteiger partial charge in [0.05, 0.1) is 6.42 Å². The summed E-state index contributed by atoms with van der Waals surface area (Å²) in [5.74, 6) is -2.80. The zero-order valence-electron chi connectivity index (χ0n) is 18.4. The molecule has 7 nitrogen and oxygen atoms in total. The molecule has 0 saturated heterocycles. The number of benzene rings is 3. The molecule has 8 heteroatoms. The maximum Gasteiger partial charge on any atom is 0.407 e. The fourth-order valence-electron chi connectivity index (χ4n) is 4.20. The van der Waals surface area contributed by atoms with Crippen molar-refractivity contribution < 1.29 is 28.6 Å². The van der Waals surface area contributed by atoms with Crippen molar-refractivity contribution in [2.75, 3.05) is 11.9 Å². The lowest BCUT2D eigenvalue weighted by Gasteiger charge is -2.19. The molecule has 3 N–H and O–H groups in total. The van der Waals surface area contributed by atoms with E-state index in [2.05, 4.69) is 10.6 Å². The van der Waals surface area contributed by atoms with Crippen LogP contribution in [0.2, 0.25) is 0 Å². The Morgan fingerprint density at radius 3 is 2.21 bits per heavy atom. The number of aryl methyl sites for hydroxylation is 1. The van der Waals surface area contributed by atoms with Crippen molar-refractivity contribution >= 4 is 23.7 Å². The molecule has 174 valence electrons. The molecule has 4 rings (SSSR count). The number of carbonyl (C=O) groups excluding carboxylic acids is 2. The van der Waals surface area contributed by atoms with Gasteiger partial charge in [0.2, 0.25) is 5.91 Å². The van der Waals surface area contributed by atoms with Gasteiger partial charge in [0.15, 0.2) is 0 Å². The van der Waals surface area contributed by atoms with Crippen molar-refractivity contribution in [1.29, 1.82) is 0 Å². The predicted molar refractivity (Wildman–Crippen MR) is 124 cm³/mol. The van der Waals surface area contributed by atoms with Crippen molar-refractivity contribution in [2.24, 2.45) is 0 Å². The van der Waals surface area contributed by atoms with Crippen LogP contribution < -0.4 is 10.6 Å². The zero-order valence-corrected chi connectivity index (χ0v) is 18.4. The van der Waals surface area contributed by atoms with E-state index in [0.717, 1.165) is 28.3 Å². The van der Waals surface area contributed by atoms with Crippen LogP contribution >= 0.6 is 0 Å². The van der Waals surface area contributed by atoms with E-state index in [-0.39, 0.29) is 18.2 Å². The molecule has 0 bridgehead atoms. The number of aliphatic carboxylic acids is 1. The standard InChI is InChI=1S/C26H23FN2O5/c1-15-10-16(27)12-17(11-15)28-25(32)23(13-24(30)31)29-26(33)34-14-22-20-8-4-2-6-18(20)19-7-3-5-9-21(19)22/h2-12,22-23H,13-14H2,1H3,(H,28,32)(H,29,33)(H,30,31). The minimum atomic E-state index is -1.41. The van der Waals surface area contributed by atoms with Crippen LogP contribution in [0.25, 0.3) is 11.1 Å². The largest absolute Gasteiger partial charge is 0.481 e. The Kier molecular flexibility index (Phi) is 6.58. The Bertz CT molecular complexity index is 1190. The number of alkyl carbamates (subject to hydrolysis) is 1. The van der Waals surface area contributed by atoms with Crippen LogP contribution in [-0.2, 0) is 14.3 Å². The number of carbonyl (C=O) groups is 3. The fourth-order valence-corrected chi connectivity index (χ4v) is 4.20. The van der Waals surface area contributed by atoms with Crippen molar-refractivity contribution in [2.45, 2.75) is 25.3 Å². The van der Waals surface area contributed by atoms with Crippen molar-refractivity contribution in [3.8, 4) is 11.1 Å². The first-order chi connectivity index (χ1) is 16.3. The number of halogens is 1. The first-order valence-corrected chi connectivity index (χ1v) is 10.7. The number of carboxylic acid groups (broad SMARTS) is 1. The molecule has 34 heavy (non-hydrogen) atoms. The lowest BCUT2D eigenvalue weighted by Crippen LogP contribution is -2.45. The zero-order chi connectivity index (χ0) is 24.2. The highest BCUT2D eigenvalue weighted by atomic mass is 19.1. The lowest BCUT2D eigenvalue weighted by molar-refractivity contribution is -0.139. The van der Waals surface area contributed by atoms with Gasteiger partial charge in [-0.2, -0.15) is 0 Å². The molecule has 0 radical (unpaired) electrons. The van der Waals surface area contributed by atoms with Gasteiger partial charge in [0.1, 0.15) is 18.5 Å². The fraction of sp³-hybridized carbons (Fsp3) is 0.192. The highest BCUT2D eigenvalue weighted by molar-refractivity contribution is 5.98. The molecule has 1 aliphatic carbocycles. The van der Waals surface area contributed by atoms with E-state index in [9.17, 15) is 23.9 Å². The number of anilines is 1. The minimum Gasteiger partial charge on any atom is -0.481 e. The van der Waals surface area contributed by atoms with Gasteiger partial charge in [-0.3, -0.25) is 9.59 Å². The van der Waals surface area contributed by atoms with E-state index < -0.39 is 36.2 Å². The predicted octanol–water partition coefficient (Wildman–Crippen LogP) is 4.45. The number of hydrogen-bond acceptors (Lipinski definition) is 4. The summed E-state index contributed by atoms with van der Waals surface area (Å²) in [6.07, 6.45) is -1.58. The van der Waals surface area contributed by atoms with Gasteiger partial charge in [0, 0.05) is 11.6 Å². The van der Waals surface area contributed by atoms with Crippen molar-refractivity contribution in [3.63, 3.8) is 0 Å². The molecular formula is C26H23FN2O5. The Hall–Kier alpha value is -4.20. The number of rotatable bonds is 7. The van der Waals surface area contributed by atoms with Crippen LogP contribution in [0.1, 0.15) is 29.0 Å². The van der Waals surface area contributed by atoms with E-state index in [1.54, 1.807) is 6.92 Å². The molecule has 0 fully saturated rings. The van der Waals surface area contributed by atoms with Crippen LogP contribution in [-0.4, -0.2) is 35.7 Å². The number of fused-ring (bicyclic) bond motifs is 3. The Morgan fingerprint density at radius 2 is 1.62 bits per heavy atom. The highest BCUT2D eigenvalue weighted by Gasteiger charge is 2.30. The van der Waals surface area contributed by atoms with Crippen LogP contribution in [0.5, 0.6) is 0 Å². The minimum absolute atomic E-state index is 0.0182. The summed E-state index contributed by atoms with van der Waals surface area (Å²) < 4.78 is 19.0.